The average molecular weight is 331 g/mol. The van der Waals surface area contributed by atoms with Crippen LogP contribution in [-0.2, 0) is 6.54 Å². The molecule has 0 amide bonds. The van der Waals surface area contributed by atoms with Gasteiger partial charge in [-0.1, -0.05) is 42.5 Å². The zero-order chi connectivity index (χ0) is 11.4. The molecule has 0 bridgehead atoms. The van der Waals surface area contributed by atoms with Crippen molar-refractivity contribution in [1.29, 1.82) is 0 Å². The molecule has 2 aromatic rings. The van der Waals surface area contributed by atoms with Crippen LogP contribution in [0.2, 0.25) is 0 Å². The maximum Gasteiger partial charge on any atom is 0.0400 e. The molecule has 7 heteroatoms. The molecule has 0 aliphatic rings. The maximum atomic E-state index is 3.47. The number of hydrogen-bond acceptors (Lipinski definition) is 1. The van der Waals surface area contributed by atoms with Gasteiger partial charge in [0, 0.05) is 12.2 Å². The van der Waals surface area contributed by atoms with Crippen LogP contribution in [0.3, 0.4) is 0 Å². The Kier molecular flexibility index (Phi) is 22.1. The van der Waals surface area contributed by atoms with E-state index in [4.69, 9.17) is 0 Å². The lowest BCUT2D eigenvalue weighted by molar-refractivity contribution is 1.11. The summed E-state index contributed by atoms with van der Waals surface area (Å²) in [6.45, 7) is 5.18. The van der Waals surface area contributed by atoms with E-state index >= 15 is 0 Å². The number of anilines is 1. The van der Waals surface area contributed by atoms with Crippen molar-refractivity contribution in [3.8, 4) is 0 Å². The van der Waals surface area contributed by atoms with Gasteiger partial charge in [-0.05, 0) is 36.6 Å². The zero-order valence-electron chi connectivity index (χ0n) is 12.3. The van der Waals surface area contributed by atoms with E-state index in [1.54, 1.807) is 0 Å². The summed E-state index contributed by atoms with van der Waals surface area (Å²) >= 11 is 0. The fourth-order valence-electron chi connectivity index (χ4n) is 1.74. The lowest BCUT2D eigenvalue weighted by Gasteiger charge is -2.11. The first kappa shape index (κ1) is 32.0. The van der Waals surface area contributed by atoms with Crippen LogP contribution in [0.15, 0.2) is 48.5 Å². The van der Waals surface area contributed by atoms with Crippen LogP contribution in [0, 0.1) is 13.8 Å². The second kappa shape index (κ2) is 15.2. The highest BCUT2D eigenvalue weighted by Gasteiger charge is 1.99. The van der Waals surface area contributed by atoms with Crippen molar-refractivity contribution in [1.82, 2.24) is 0 Å². The molecule has 2 rings (SSSR count). The number of benzene rings is 2. The highest BCUT2D eigenvalue weighted by atomic mass is 19.0. The molecule has 2 aromatic carbocycles. The third-order valence-corrected chi connectivity index (χ3v) is 2.93. The van der Waals surface area contributed by atoms with Gasteiger partial charge in [0.2, 0.25) is 0 Å². The van der Waals surface area contributed by atoms with Crippen molar-refractivity contribution in [2.24, 2.45) is 0 Å². The molecule has 0 radical (unpaired) electrons. The Morgan fingerprint density at radius 3 is 1.77 bits per heavy atom. The van der Waals surface area contributed by atoms with E-state index in [1.165, 1.54) is 22.4 Å². The summed E-state index contributed by atoms with van der Waals surface area (Å²) in [5.41, 5.74) is 5.20. The smallest absolute Gasteiger partial charge is 0.0400 e. The number of hydrogen-bond donors (Lipinski definition) is 1. The lowest BCUT2D eigenvalue weighted by atomic mass is 10.1. The first-order chi connectivity index (χ1) is 7.77. The van der Waals surface area contributed by atoms with Crippen LogP contribution < -0.4 is 5.32 Å². The van der Waals surface area contributed by atoms with E-state index in [1.807, 2.05) is 6.07 Å². The van der Waals surface area contributed by atoms with Gasteiger partial charge < -0.3 is 5.32 Å². The van der Waals surface area contributed by atoms with Gasteiger partial charge in [-0.2, -0.15) is 0 Å². The van der Waals surface area contributed by atoms with Crippen molar-refractivity contribution in [3.63, 3.8) is 0 Å². The van der Waals surface area contributed by atoms with Gasteiger partial charge in [0.25, 0.3) is 0 Å². The van der Waals surface area contributed by atoms with E-state index in [0.29, 0.717) is 0 Å². The van der Waals surface area contributed by atoms with Crippen molar-refractivity contribution in [2.45, 2.75) is 20.4 Å². The summed E-state index contributed by atoms with van der Waals surface area (Å²) in [5, 5.41) is 3.47. The minimum absolute atomic E-state index is 0. The van der Waals surface area contributed by atoms with Gasteiger partial charge in [-0.15, -0.1) is 0 Å². The first-order valence-electron chi connectivity index (χ1n) is 5.61. The van der Waals surface area contributed by atoms with Gasteiger partial charge in [0.05, 0.1) is 0 Å². The van der Waals surface area contributed by atoms with E-state index in [9.17, 15) is 0 Å². The van der Waals surface area contributed by atoms with Crippen LogP contribution in [0.5, 0.6) is 0 Å². The highest BCUT2D eigenvalue weighted by Crippen LogP contribution is 2.18. The number of rotatable bonds is 3. The molecule has 0 fully saturated rings. The second-order valence-corrected chi connectivity index (χ2v) is 4.09. The Morgan fingerprint density at radius 1 is 0.682 bits per heavy atom. The molecule has 0 aliphatic heterocycles. The molecule has 0 spiro atoms. The standard InChI is InChI=1S/C15H17N.6FH/c1-12-7-6-10-15(13(12)2)16-11-14-8-4-3-5-9-14;;;;;;/h3-10,16H,11H2,1-2H3;6*1H. The summed E-state index contributed by atoms with van der Waals surface area (Å²) in [6, 6.07) is 16.8. The van der Waals surface area contributed by atoms with E-state index in [-0.39, 0.29) is 28.2 Å². The topological polar surface area (TPSA) is 12.0 Å². The van der Waals surface area contributed by atoms with Gasteiger partial charge in [-0.3, -0.25) is 28.2 Å². The zero-order valence-corrected chi connectivity index (χ0v) is 12.3. The predicted molar refractivity (Wildman–Crippen MR) is 84.7 cm³/mol. The number of halogens is 6. The molecule has 22 heavy (non-hydrogen) atoms. The van der Waals surface area contributed by atoms with Crippen LogP contribution in [0.1, 0.15) is 16.7 Å². The van der Waals surface area contributed by atoms with E-state index in [2.05, 4.69) is 61.6 Å². The molecule has 0 atom stereocenters. The largest absolute Gasteiger partial charge is 0.381 e. The van der Waals surface area contributed by atoms with Crippen molar-refractivity contribution >= 4 is 5.69 Å². The maximum absolute atomic E-state index is 3.47. The third kappa shape index (κ3) is 8.18. The molecule has 1 N–H and O–H groups in total. The molecule has 0 heterocycles. The number of aryl methyl sites for hydroxylation is 1. The monoisotopic (exact) mass is 331 g/mol. The highest BCUT2D eigenvalue weighted by molar-refractivity contribution is 5.53. The molecule has 0 aliphatic carbocycles. The van der Waals surface area contributed by atoms with Gasteiger partial charge in [-0.25, -0.2) is 0 Å². The van der Waals surface area contributed by atoms with Gasteiger partial charge in [0.1, 0.15) is 0 Å². The van der Waals surface area contributed by atoms with Crippen LogP contribution in [0.25, 0.3) is 0 Å². The second-order valence-electron chi connectivity index (χ2n) is 4.09. The lowest BCUT2D eigenvalue weighted by Crippen LogP contribution is -2.01. The SMILES string of the molecule is Cc1cccc(NCc2ccccc2)c1C.F.F.F.F.F.F. The van der Waals surface area contributed by atoms with Crippen LogP contribution >= 0.6 is 0 Å². The Morgan fingerprint density at radius 2 is 1.23 bits per heavy atom. The molecule has 1 nitrogen and oxygen atoms in total. The van der Waals surface area contributed by atoms with Crippen molar-refractivity contribution in [2.75, 3.05) is 5.32 Å². The fraction of sp³-hybridized carbons (Fsp3) is 0.200. The van der Waals surface area contributed by atoms with Crippen LogP contribution in [0.4, 0.5) is 33.9 Å². The minimum atomic E-state index is 0. The Bertz CT molecular complexity index is 479. The van der Waals surface area contributed by atoms with E-state index < -0.39 is 0 Å². The average Bonchev–Trinajstić information content (AvgIpc) is 2.32. The van der Waals surface area contributed by atoms with Crippen LogP contribution in [-0.4, -0.2) is 0 Å². The third-order valence-electron chi connectivity index (χ3n) is 2.93. The predicted octanol–water partition coefficient (Wildman–Crippen LogP) is 4.83. The Balaban J connectivity index is -0.000000161. The fourth-order valence-corrected chi connectivity index (χ4v) is 1.74. The molecule has 0 unspecified atom stereocenters. The molecular formula is C15H23F6N. The van der Waals surface area contributed by atoms with Crippen molar-refractivity contribution < 1.29 is 28.2 Å². The van der Waals surface area contributed by atoms with Gasteiger partial charge >= 0.3 is 0 Å². The molecular weight excluding hydrogens is 308 g/mol. The van der Waals surface area contributed by atoms with Gasteiger partial charge in [0.15, 0.2) is 0 Å². The first-order valence-corrected chi connectivity index (χ1v) is 5.61. The summed E-state index contributed by atoms with van der Waals surface area (Å²) in [5.74, 6) is 0. The summed E-state index contributed by atoms with van der Waals surface area (Å²) in [4.78, 5) is 0. The number of nitrogens with one attached hydrogen (secondary N) is 1. The summed E-state index contributed by atoms with van der Waals surface area (Å²) in [6.07, 6.45) is 0. The summed E-state index contributed by atoms with van der Waals surface area (Å²) < 4.78 is 0. The quantitative estimate of drug-likeness (QED) is 0.794. The Hall–Kier alpha value is -2.18. The summed E-state index contributed by atoms with van der Waals surface area (Å²) in [7, 11) is 0. The molecule has 0 saturated carbocycles. The minimum Gasteiger partial charge on any atom is -0.381 e. The Labute approximate surface area is 126 Å². The molecule has 0 saturated heterocycles. The normalized spacial score (nSPS) is 7.36. The molecule has 0 aromatic heterocycles. The molecule has 130 valence electrons. The van der Waals surface area contributed by atoms with E-state index in [0.717, 1.165) is 6.54 Å². The van der Waals surface area contributed by atoms with Crippen molar-refractivity contribution in [3.05, 3.63) is 65.2 Å².